The smallest absolute Gasteiger partial charge is 0.164 e. The van der Waals surface area contributed by atoms with Crippen LogP contribution in [0.5, 0.6) is 0 Å². The maximum atomic E-state index is 5.23. The van der Waals surface area contributed by atoms with E-state index in [0.717, 1.165) is 55.3 Å². The summed E-state index contributed by atoms with van der Waals surface area (Å²) in [6.07, 6.45) is 0. The average Bonchev–Trinajstić information content (AvgIpc) is 3.80. The van der Waals surface area contributed by atoms with Crippen LogP contribution in [0.15, 0.2) is 218 Å². The molecule has 3 heterocycles. The molecule has 0 unspecified atom stereocenters. The van der Waals surface area contributed by atoms with Gasteiger partial charge in [-0.2, -0.15) is 0 Å². The highest BCUT2D eigenvalue weighted by atomic mass is 32.1. The van der Waals surface area contributed by atoms with Crippen molar-refractivity contribution >= 4 is 63.8 Å². The van der Waals surface area contributed by atoms with Crippen LogP contribution >= 0.6 is 11.3 Å². The second kappa shape index (κ2) is 16.0. The first-order valence-electron chi connectivity index (χ1n) is 22.3. The Morgan fingerprint density at radius 1 is 0.224 bits per heavy atom. The summed E-state index contributed by atoms with van der Waals surface area (Å²) in [7, 11) is 0. The van der Waals surface area contributed by atoms with Crippen LogP contribution in [0.25, 0.3) is 132 Å². The molecule has 312 valence electrons. The molecule has 10 aromatic carbocycles. The fraction of sp³-hybridized carbons (Fsp3) is 0. The Hall–Kier alpha value is -8.78. The van der Waals surface area contributed by atoms with Gasteiger partial charge in [-0.1, -0.05) is 188 Å². The lowest BCUT2D eigenvalue weighted by molar-refractivity contribution is 1.07. The van der Waals surface area contributed by atoms with Gasteiger partial charge in [0.25, 0.3) is 0 Å². The van der Waals surface area contributed by atoms with Crippen molar-refractivity contribution < 1.29 is 0 Å². The van der Waals surface area contributed by atoms with Gasteiger partial charge >= 0.3 is 0 Å². The lowest BCUT2D eigenvalue weighted by Gasteiger charge is -2.13. The van der Waals surface area contributed by atoms with Crippen molar-refractivity contribution in [3.8, 4) is 79.5 Å². The van der Waals surface area contributed by atoms with Gasteiger partial charge in [-0.3, -0.25) is 0 Å². The van der Waals surface area contributed by atoms with E-state index < -0.39 is 0 Å². The number of hydrogen-bond donors (Lipinski definition) is 0. The SMILES string of the molecule is c1ccc(-c2nc(-c3cccc(-c4ccc5sc6cccc(-c7nc(-c8ccccc8)nc(-c8ccccc8)n7)c6c5c4)c3)nc(-c3ccc4c5ccccc5c5ccccc5c4c3)n2)cc1. The van der Waals surface area contributed by atoms with Crippen LogP contribution in [0.1, 0.15) is 0 Å². The maximum Gasteiger partial charge on any atom is 0.164 e. The predicted octanol–water partition coefficient (Wildman–Crippen LogP) is 15.6. The van der Waals surface area contributed by atoms with Gasteiger partial charge in [-0.25, -0.2) is 29.9 Å². The zero-order valence-corrected chi connectivity index (χ0v) is 36.7. The molecule has 13 rings (SSSR count). The molecule has 7 heteroatoms. The van der Waals surface area contributed by atoms with E-state index in [0.29, 0.717) is 34.9 Å². The summed E-state index contributed by atoms with van der Waals surface area (Å²) < 4.78 is 2.36. The van der Waals surface area contributed by atoms with Crippen molar-refractivity contribution in [1.82, 2.24) is 29.9 Å². The van der Waals surface area contributed by atoms with E-state index in [4.69, 9.17) is 29.9 Å². The molecule has 0 N–H and O–H groups in total. The molecule has 0 amide bonds. The van der Waals surface area contributed by atoms with Crippen LogP contribution in [-0.4, -0.2) is 29.9 Å². The zero-order valence-electron chi connectivity index (χ0n) is 35.9. The summed E-state index contributed by atoms with van der Waals surface area (Å²) in [6, 6.07) is 76.0. The standard InChI is InChI=1S/C60H36N6S/c1-4-16-37(17-5-1)55-62-58(64-59(63-55)43-30-32-48-46-26-11-10-24-44(46)45-25-12-13-27-47(45)50(48)36-43)42-23-14-22-40(34-42)41-31-33-52-51(35-41)54-49(28-15-29-53(54)67-52)60-65-56(38-18-6-2-7-19-38)61-57(66-60)39-20-8-3-9-21-39/h1-36H. The Kier molecular flexibility index (Phi) is 9.25. The van der Waals surface area contributed by atoms with Crippen molar-refractivity contribution in [3.63, 3.8) is 0 Å². The highest BCUT2D eigenvalue weighted by Crippen LogP contribution is 2.42. The fourth-order valence-electron chi connectivity index (χ4n) is 9.36. The number of aromatic nitrogens is 6. The first-order valence-corrected chi connectivity index (χ1v) is 23.1. The molecule has 0 aliphatic heterocycles. The van der Waals surface area contributed by atoms with E-state index in [2.05, 4.69) is 140 Å². The van der Waals surface area contributed by atoms with Gasteiger partial charge in [0.05, 0.1) is 0 Å². The van der Waals surface area contributed by atoms with Crippen LogP contribution in [0.3, 0.4) is 0 Å². The zero-order chi connectivity index (χ0) is 44.3. The first-order chi connectivity index (χ1) is 33.2. The van der Waals surface area contributed by atoms with Gasteiger partial charge in [0.1, 0.15) is 0 Å². The Balaban J connectivity index is 0.941. The molecule has 67 heavy (non-hydrogen) atoms. The number of thiophene rings is 1. The lowest BCUT2D eigenvalue weighted by Crippen LogP contribution is -2.00. The molecule has 0 aliphatic rings. The van der Waals surface area contributed by atoms with Gasteiger partial charge in [-0.05, 0) is 73.8 Å². The minimum absolute atomic E-state index is 0.608. The molecule has 0 saturated carbocycles. The van der Waals surface area contributed by atoms with E-state index in [1.165, 1.54) is 41.7 Å². The van der Waals surface area contributed by atoms with Crippen molar-refractivity contribution in [1.29, 1.82) is 0 Å². The molecule has 0 atom stereocenters. The van der Waals surface area contributed by atoms with E-state index >= 15 is 0 Å². The van der Waals surface area contributed by atoms with Gasteiger partial charge < -0.3 is 0 Å². The summed E-state index contributed by atoms with van der Waals surface area (Å²) in [5, 5.41) is 9.54. The number of fused-ring (bicyclic) bond motifs is 9. The third-order valence-electron chi connectivity index (χ3n) is 12.6. The van der Waals surface area contributed by atoms with E-state index in [1.54, 1.807) is 11.3 Å². The van der Waals surface area contributed by atoms with E-state index in [9.17, 15) is 0 Å². The molecule has 0 bridgehead atoms. The van der Waals surface area contributed by atoms with Gasteiger partial charge in [0.15, 0.2) is 34.9 Å². The minimum Gasteiger partial charge on any atom is -0.208 e. The number of hydrogen-bond acceptors (Lipinski definition) is 7. The van der Waals surface area contributed by atoms with E-state index in [-0.39, 0.29) is 0 Å². The lowest BCUT2D eigenvalue weighted by atomic mass is 9.93. The molecular weight excluding hydrogens is 837 g/mol. The molecule has 0 spiro atoms. The van der Waals surface area contributed by atoms with Crippen molar-refractivity contribution in [2.24, 2.45) is 0 Å². The van der Waals surface area contributed by atoms with Crippen molar-refractivity contribution in [2.45, 2.75) is 0 Å². The Morgan fingerprint density at radius 3 is 1.18 bits per heavy atom. The van der Waals surface area contributed by atoms with Crippen LogP contribution in [0, 0.1) is 0 Å². The monoisotopic (exact) mass is 872 g/mol. The van der Waals surface area contributed by atoms with Crippen molar-refractivity contribution in [3.05, 3.63) is 218 Å². The third kappa shape index (κ3) is 6.88. The van der Waals surface area contributed by atoms with E-state index in [1.807, 2.05) is 78.9 Å². The molecule has 0 fully saturated rings. The van der Waals surface area contributed by atoms with Gasteiger partial charge in [0, 0.05) is 53.6 Å². The Bertz CT molecular complexity index is 3950. The van der Waals surface area contributed by atoms with Crippen LogP contribution in [-0.2, 0) is 0 Å². The summed E-state index contributed by atoms with van der Waals surface area (Å²) in [6.45, 7) is 0. The highest BCUT2D eigenvalue weighted by molar-refractivity contribution is 7.26. The molecule has 0 radical (unpaired) electrons. The normalized spacial score (nSPS) is 11.6. The molecule has 13 aromatic rings. The average molecular weight is 873 g/mol. The first kappa shape index (κ1) is 38.7. The molecule has 0 aliphatic carbocycles. The predicted molar refractivity (Wildman–Crippen MR) is 277 cm³/mol. The number of rotatable bonds is 7. The number of benzene rings is 10. The molecule has 3 aromatic heterocycles. The summed E-state index contributed by atoms with van der Waals surface area (Å²) >= 11 is 1.78. The minimum atomic E-state index is 0.608. The second-order valence-corrected chi connectivity index (χ2v) is 17.7. The van der Waals surface area contributed by atoms with Crippen LogP contribution in [0.2, 0.25) is 0 Å². The summed E-state index contributed by atoms with van der Waals surface area (Å²) in [4.78, 5) is 30.7. The topological polar surface area (TPSA) is 77.3 Å². The fourth-order valence-corrected chi connectivity index (χ4v) is 10.5. The van der Waals surface area contributed by atoms with Gasteiger partial charge in [0.2, 0.25) is 0 Å². The highest BCUT2D eigenvalue weighted by Gasteiger charge is 2.19. The quantitative estimate of drug-likeness (QED) is 0.148. The molecular formula is C60H36N6S. The van der Waals surface area contributed by atoms with Crippen LogP contribution in [0.4, 0.5) is 0 Å². The van der Waals surface area contributed by atoms with Crippen LogP contribution < -0.4 is 0 Å². The maximum absolute atomic E-state index is 5.23. The third-order valence-corrected chi connectivity index (χ3v) is 13.7. The summed E-state index contributed by atoms with van der Waals surface area (Å²) in [5.74, 6) is 3.76. The molecule has 0 saturated heterocycles. The summed E-state index contributed by atoms with van der Waals surface area (Å²) in [5.41, 5.74) is 7.74. The van der Waals surface area contributed by atoms with Crippen molar-refractivity contribution in [2.75, 3.05) is 0 Å². The Morgan fingerprint density at radius 2 is 0.612 bits per heavy atom. The largest absolute Gasteiger partial charge is 0.208 e. The Labute approximate surface area is 389 Å². The number of nitrogens with zero attached hydrogens (tertiary/aromatic N) is 6. The second-order valence-electron chi connectivity index (χ2n) is 16.6. The molecule has 6 nitrogen and oxygen atoms in total. The van der Waals surface area contributed by atoms with Gasteiger partial charge in [-0.15, -0.1) is 11.3 Å².